The van der Waals surface area contributed by atoms with Crippen LogP contribution in [-0.4, -0.2) is 41.0 Å². The average molecular weight is 300 g/mol. The second-order valence-electron chi connectivity index (χ2n) is 5.36. The van der Waals surface area contributed by atoms with E-state index in [1.54, 1.807) is 13.8 Å². The number of ether oxygens (including phenoxy) is 1. The molecule has 0 radical (unpaired) electrons. The van der Waals surface area contributed by atoms with Crippen LogP contribution in [0.2, 0.25) is 0 Å². The van der Waals surface area contributed by atoms with Crippen LogP contribution in [0.3, 0.4) is 0 Å². The predicted octanol–water partition coefficient (Wildman–Crippen LogP) is 2.12. The molecule has 8 heteroatoms. The number of hydrogen-bond acceptors (Lipinski definition) is 4. The first-order valence-corrected chi connectivity index (χ1v) is 6.27. The van der Waals surface area contributed by atoms with Crippen LogP contribution in [0.25, 0.3) is 0 Å². The van der Waals surface area contributed by atoms with E-state index in [4.69, 9.17) is 4.74 Å². The molecule has 0 aromatic heterocycles. The molecule has 1 aliphatic heterocycles. The molecule has 1 aromatic rings. The Bertz CT molecular complexity index is 604. The van der Waals surface area contributed by atoms with Gasteiger partial charge >= 0.3 is 5.69 Å². The molecule has 21 heavy (non-hydrogen) atoms. The van der Waals surface area contributed by atoms with Gasteiger partial charge in [0.05, 0.1) is 35.3 Å². The van der Waals surface area contributed by atoms with Crippen LogP contribution in [0, 0.1) is 21.7 Å². The smallest absolute Gasteiger partial charge is 0.307 e. The fourth-order valence-electron chi connectivity index (χ4n) is 2.22. The van der Waals surface area contributed by atoms with Crippen LogP contribution in [0.1, 0.15) is 24.2 Å². The van der Waals surface area contributed by atoms with E-state index in [9.17, 15) is 23.7 Å². The minimum atomic E-state index is -1.24. The van der Waals surface area contributed by atoms with E-state index in [0.29, 0.717) is 18.7 Å². The topological polar surface area (TPSA) is 72.7 Å². The molecule has 1 amide bonds. The Hall–Kier alpha value is -2.09. The second kappa shape index (κ2) is 5.36. The summed E-state index contributed by atoms with van der Waals surface area (Å²) in [7, 11) is 0. The highest BCUT2D eigenvalue weighted by molar-refractivity contribution is 5.95. The first-order chi connectivity index (χ1) is 9.74. The van der Waals surface area contributed by atoms with Crippen LogP contribution >= 0.6 is 0 Å². The Balaban J connectivity index is 2.40. The Labute approximate surface area is 119 Å². The van der Waals surface area contributed by atoms with Gasteiger partial charge in [0.25, 0.3) is 5.91 Å². The van der Waals surface area contributed by atoms with E-state index >= 15 is 0 Å². The number of benzene rings is 1. The lowest BCUT2D eigenvalue weighted by molar-refractivity contribution is -0.387. The standard InChI is InChI=1S/C13H14F2N2O4/c1-13(2)7-21-4-3-16(13)12(18)8-5-10(15)11(17(19)20)6-9(8)14/h5-6H,3-4,7H2,1-2H3. The van der Waals surface area contributed by atoms with E-state index < -0.39 is 39.3 Å². The van der Waals surface area contributed by atoms with Crippen molar-refractivity contribution in [1.82, 2.24) is 4.90 Å². The van der Waals surface area contributed by atoms with Crippen LogP contribution in [0.5, 0.6) is 0 Å². The SMILES string of the molecule is CC1(C)COCCN1C(=O)c1cc(F)c([N+](=O)[O-])cc1F. The summed E-state index contributed by atoms with van der Waals surface area (Å²) in [5.41, 5.74) is -2.18. The molecule has 0 atom stereocenters. The number of halogens is 2. The van der Waals surface area contributed by atoms with Crippen molar-refractivity contribution < 1.29 is 23.2 Å². The first-order valence-electron chi connectivity index (χ1n) is 6.27. The van der Waals surface area contributed by atoms with Gasteiger partial charge in [-0.25, -0.2) is 4.39 Å². The molecular formula is C13H14F2N2O4. The number of rotatable bonds is 2. The third kappa shape index (κ3) is 2.85. The number of hydrogen-bond donors (Lipinski definition) is 0. The molecule has 1 heterocycles. The molecular weight excluding hydrogens is 286 g/mol. The van der Waals surface area contributed by atoms with Gasteiger partial charge in [-0.15, -0.1) is 0 Å². The third-order valence-corrected chi connectivity index (χ3v) is 3.35. The summed E-state index contributed by atoms with van der Waals surface area (Å²) in [4.78, 5) is 23.2. The highest BCUT2D eigenvalue weighted by atomic mass is 19.1. The lowest BCUT2D eigenvalue weighted by Crippen LogP contribution is -2.55. The largest absolute Gasteiger partial charge is 0.377 e. The van der Waals surface area contributed by atoms with Crippen molar-refractivity contribution in [3.05, 3.63) is 39.4 Å². The fourth-order valence-corrected chi connectivity index (χ4v) is 2.22. The highest BCUT2D eigenvalue weighted by Gasteiger charge is 2.36. The van der Waals surface area contributed by atoms with E-state index in [-0.39, 0.29) is 13.2 Å². The van der Waals surface area contributed by atoms with E-state index in [1.165, 1.54) is 4.90 Å². The van der Waals surface area contributed by atoms with Gasteiger partial charge in [0.2, 0.25) is 5.82 Å². The van der Waals surface area contributed by atoms with Crippen molar-refractivity contribution in [2.45, 2.75) is 19.4 Å². The van der Waals surface area contributed by atoms with Crippen molar-refractivity contribution in [3.8, 4) is 0 Å². The van der Waals surface area contributed by atoms with E-state index in [1.807, 2.05) is 0 Å². The van der Waals surface area contributed by atoms with Crippen molar-refractivity contribution in [1.29, 1.82) is 0 Å². The number of nitro benzene ring substituents is 1. The monoisotopic (exact) mass is 300 g/mol. The van der Waals surface area contributed by atoms with Gasteiger partial charge in [0.1, 0.15) is 5.82 Å². The lowest BCUT2D eigenvalue weighted by Gasteiger charge is -2.42. The maximum absolute atomic E-state index is 13.9. The number of amides is 1. The number of nitrogens with zero attached hydrogens (tertiary/aromatic N) is 2. The molecule has 1 fully saturated rings. The molecule has 0 N–H and O–H groups in total. The Morgan fingerprint density at radius 2 is 2.05 bits per heavy atom. The summed E-state index contributed by atoms with van der Waals surface area (Å²) in [6.45, 7) is 4.29. The predicted molar refractivity (Wildman–Crippen MR) is 68.9 cm³/mol. The minimum Gasteiger partial charge on any atom is -0.377 e. The van der Waals surface area contributed by atoms with Gasteiger partial charge in [-0.2, -0.15) is 4.39 Å². The van der Waals surface area contributed by atoms with E-state index in [0.717, 1.165) is 0 Å². The zero-order chi connectivity index (χ0) is 15.8. The lowest BCUT2D eigenvalue weighted by atomic mass is 10.0. The molecule has 0 spiro atoms. The molecule has 1 aliphatic rings. The van der Waals surface area contributed by atoms with Gasteiger partial charge in [0.15, 0.2) is 0 Å². The van der Waals surface area contributed by atoms with Crippen LogP contribution in [0.4, 0.5) is 14.5 Å². The molecule has 0 aliphatic carbocycles. The zero-order valence-corrected chi connectivity index (χ0v) is 11.6. The van der Waals surface area contributed by atoms with Gasteiger partial charge < -0.3 is 9.64 Å². The number of nitro groups is 1. The minimum absolute atomic E-state index is 0.240. The maximum atomic E-state index is 13.9. The molecule has 0 saturated carbocycles. The summed E-state index contributed by atoms with van der Waals surface area (Å²) in [5, 5.41) is 10.5. The molecule has 1 saturated heterocycles. The number of carbonyl (C=O) groups excluding carboxylic acids is 1. The summed E-state index contributed by atoms with van der Waals surface area (Å²) < 4.78 is 32.7. The molecule has 6 nitrogen and oxygen atoms in total. The highest BCUT2D eigenvalue weighted by Crippen LogP contribution is 2.26. The van der Waals surface area contributed by atoms with Gasteiger partial charge in [-0.05, 0) is 19.9 Å². The molecule has 0 bridgehead atoms. The van der Waals surface area contributed by atoms with Crippen molar-refractivity contribution in [2.24, 2.45) is 0 Å². The Kier molecular flexibility index (Phi) is 3.91. The fraction of sp³-hybridized carbons (Fsp3) is 0.462. The summed E-state index contributed by atoms with van der Waals surface area (Å²) in [6.07, 6.45) is 0. The van der Waals surface area contributed by atoms with Gasteiger partial charge in [-0.1, -0.05) is 0 Å². The van der Waals surface area contributed by atoms with Gasteiger partial charge in [-0.3, -0.25) is 14.9 Å². The van der Waals surface area contributed by atoms with Crippen LogP contribution in [0.15, 0.2) is 12.1 Å². The summed E-state index contributed by atoms with van der Waals surface area (Å²) in [6, 6.07) is 0.997. The molecule has 114 valence electrons. The number of morpholine rings is 1. The van der Waals surface area contributed by atoms with Crippen molar-refractivity contribution in [3.63, 3.8) is 0 Å². The van der Waals surface area contributed by atoms with Gasteiger partial charge in [0, 0.05) is 6.54 Å². The van der Waals surface area contributed by atoms with Crippen LogP contribution in [-0.2, 0) is 4.74 Å². The van der Waals surface area contributed by atoms with E-state index in [2.05, 4.69) is 0 Å². The maximum Gasteiger partial charge on any atom is 0.307 e. The van der Waals surface area contributed by atoms with Crippen molar-refractivity contribution in [2.75, 3.05) is 19.8 Å². The Morgan fingerprint density at radius 3 is 2.62 bits per heavy atom. The molecule has 0 unspecified atom stereocenters. The summed E-state index contributed by atoms with van der Waals surface area (Å²) >= 11 is 0. The number of carbonyl (C=O) groups is 1. The molecule has 2 rings (SSSR count). The third-order valence-electron chi connectivity index (χ3n) is 3.35. The zero-order valence-electron chi connectivity index (χ0n) is 11.6. The summed E-state index contributed by atoms with van der Waals surface area (Å²) in [5.74, 6) is -3.07. The normalized spacial score (nSPS) is 17.6. The van der Waals surface area contributed by atoms with Crippen LogP contribution < -0.4 is 0 Å². The quantitative estimate of drug-likeness (QED) is 0.619. The molecule has 1 aromatic carbocycles. The average Bonchev–Trinajstić information content (AvgIpc) is 2.39. The Morgan fingerprint density at radius 1 is 1.38 bits per heavy atom. The second-order valence-corrected chi connectivity index (χ2v) is 5.36. The first kappa shape index (κ1) is 15.3. The van der Waals surface area contributed by atoms with Crippen molar-refractivity contribution >= 4 is 11.6 Å².